The minimum atomic E-state index is -0.981. The summed E-state index contributed by atoms with van der Waals surface area (Å²) in [5.41, 5.74) is 2.89. The Balaban J connectivity index is 0.000000332. The Labute approximate surface area is 242 Å². The first-order chi connectivity index (χ1) is 18.4. The molecule has 6 aromatic carbocycles. The summed E-state index contributed by atoms with van der Waals surface area (Å²) >= 11 is 0. The number of aliphatic carboxylic acids is 2. The van der Waals surface area contributed by atoms with Crippen LogP contribution in [0.4, 0.5) is 0 Å². The van der Waals surface area contributed by atoms with Crippen molar-refractivity contribution >= 4 is 55.0 Å². The predicted molar refractivity (Wildman–Crippen MR) is 157 cm³/mol. The van der Waals surface area contributed by atoms with Crippen LogP contribution in [0.15, 0.2) is 122 Å². The van der Waals surface area contributed by atoms with E-state index in [0.717, 1.165) is 25.0 Å². The van der Waals surface area contributed by atoms with Crippen molar-refractivity contribution in [1.82, 2.24) is 0 Å². The van der Waals surface area contributed by atoms with Gasteiger partial charge in [-0.05, 0) is 0 Å². The monoisotopic (exact) mass is 548 g/mol. The van der Waals surface area contributed by atoms with Crippen LogP contribution in [-0.4, -0.2) is 22.2 Å². The number of hydrogen-bond acceptors (Lipinski definition) is 2. The molecule has 0 saturated carbocycles. The van der Waals surface area contributed by atoms with Gasteiger partial charge in [0.25, 0.3) is 0 Å². The second-order valence-electron chi connectivity index (χ2n) is 8.80. The molecule has 0 spiro atoms. The molecule has 39 heavy (non-hydrogen) atoms. The Kier molecular flexibility index (Phi) is 10.2. The zero-order chi connectivity index (χ0) is 27.1. The Morgan fingerprint density at radius 3 is 1.28 bits per heavy atom. The average Bonchev–Trinajstić information content (AvgIpc) is 3.52. The molecule has 0 unspecified atom stereocenters. The zero-order valence-electron chi connectivity index (χ0n) is 21.4. The molecule has 0 amide bonds. The number of carboxylic acid groups (broad SMARTS) is 2. The fourth-order valence-corrected chi connectivity index (χ4v) is 4.79. The van der Waals surface area contributed by atoms with Gasteiger partial charge in [0.05, 0.1) is 0 Å². The van der Waals surface area contributed by atoms with Crippen LogP contribution in [0.25, 0.3) is 43.1 Å². The maximum absolute atomic E-state index is 9.25. The van der Waals surface area contributed by atoms with Crippen molar-refractivity contribution in [3.05, 3.63) is 133 Å². The van der Waals surface area contributed by atoms with Gasteiger partial charge in [-0.1, -0.05) is 98.8 Å². The van der Waals surface area contributed by atoms with E-state index >= 15 is 0 Å². The minimum absolute atomic E-state index is 0. The molecular weight excluding hydrogens is 520 g/mol. The van der Waals surface area contributed by atoms with E-state index in [-0.39, 0.29) is 21.7 Å². The first kappa shape index (κ1) is 29.3. The van der Waals surface area contributed by atoms with Gasteiger partial charge in [0.15, 0.2) is 0 Å². The average molecular weight is 548 g/mol. The van der Waals surface area contributed by atoms with E-state index in [1.165, 1.54) is 54.2 Å². The maximum Gasteiger partial charge on any atom is 2.00 e. The smallest absolute Gasteiger partial charge is 0.478 e. The van der Waals surface area contributed by atoms with Crippen LogP contribution in [0.2, 0.25) is 0 Å². The van der Waals surface area contributed by atoms with E-state index in [2.05, 4.69) is 110 Å². The van der Waals surface area contributed by atoms with Crippen LogP contribution in [0.5, 0.6) is 0 Å². The van der Waals surface area contributed by atoms with Crippen molar-refractivity contribution in [3.63, 3.8) is 0 Å². The van der Waals surface area contributed by atoms with E-state index in [0.29, 0.717) is 0 Å². The van der Waals surface area contributed by atoms with Gasteiger partial charge in [0.1, 0.15) is 0 Å². The molecule has 0 aromatic heterocycles. The van der Waals surface area contributed by atoms with Crippen LogP contribution in [0.3, 0.4) is 0 Å². The summed E-state index contributed by atoms with van der Waals surface area (Å²) in [7, 11) is 0. The number of benzene rings is 4. The van der Waals surface area contributed by atoms with Gasteiger partial charge < -0.3 is 10.2 Å². The SMILES string of the molecule is C=CC(=O)O.C=CC(=O)O.[Ti+2].c1ccc2c(c1)[cH-]c1c(CCc3cccc4c3[cH-]c3ccccc34)cccc12. The molecule has 0 aliphatic heterocycles. The number of hydrogen-bond donors (Lipinski definition) is 2. The van der Waals surface area contributed by atoms with Crippen LogP contribution in [-0.2, 0) is 44.1 Å². The fourth-order valence-electron chi connectivity index (χ4n) is 4.79. The van der Waals surface area contributed by atoms with Crippen molar-refractivity contribution in [2.45, 2.75) is 12.8 Å². The summed E-state index contributed by atoms with van der Waals surface area (Å²) in [6.45, 7) is 5.92. The third kappa shape index (κ3) is 6.80. The molecule has 0 atom stereocenters. The Hall–Kier alpha value is -4.25. The van der Waals surface area contributed by atoms with Crippen molar-refractivity contribution in [1.29, 1.82) is 0 Å². The summed E-state index contributed by atoms with van der Waals surface area (Å²) in [6.07, 6.45) is 3.79. The molecule has 0 heterocycles. The Morgan fingerprint density at radius 2 is 0.923 bits per heavy atom. The Morgan fingerprint density at radius 1 is 0.590 bits per heavy atom. The largest absolute Gasteiger partial charge is 2.00 e. The summed E-state index contributed by atoms with van der Waals surface area (Å²) in [6, 6.07) is 35.7. The van der Waals surface area contributed by atoms with Gasteiger partial charge in [0.2, 0.25) is 0 Å². The third-order valence-electron chi connectivity index (χ3n) is 6.51. The second-order valence-corrected chi connectivity index (χ2v) is 8.80. The number of aryl methyl sites for hydroxylation is 2. The molecule has 0 aliphatic carbocycles. The first-order valence-corrected chi connectivity index (χ1v) is 12.3. The van der Waals surface area contributed by atoms with Gasteiger partial charge in [0, 0.05) is 12.2 Å². The molecule has 6 rings (SSSR count). The van der Waals surface area contributed by atoms with E-state index in [1.54, 1.807) is 0 Å². The van der Waals surface area contributed by atoms with Gasteiger partial charge in [-0.25, -0.2) is 9.59 Å². The molecule has 0 bridgehead atoms. The fraction of sp³-hybridized carbons (Fsp3) is 0.0588. The van der Waals surface area contributed by atoms with Crippen molar-refractivity contribution in [2.75, 3.05) is 0 Å². The normalized spacial score (nSPS) is 10.2. The molecule has 0 saturated heterocycles. The van der Waals surface area contributed by atoms with Crippen LogP contribution in [0, 0.1) is 0 Å². The molecule has 2 N–H and O–H groups in total. The zero-order valence-corrected chi connectivity index (χ0v) is 23.0. The molecule has 6 aromatic rings. The van der Waals surface area contributed by atoms with Crippen molar-refractivity contribution < 1.29 is 41.5 Å². The summed E-state index contributed by atoms with van der Waals surface area (Å²) in [4.78, 5) is 18.5. The van der Waals surface area contributed by atoms with Crippen molar-refractivity contribution in [2.24, 2.45) is 0 Å². The van der Waals surface area contributed by atoms with Crippen LogP contribution in [0.1, 0.15) is 11.1 Å². The summed E-state index contributed by atoms with van der Waals surface area (Å²) in [5.74, 6) is -1.96. The Bertz CT molecular complexity index is 1640. The molecule has 192 valence electrons. The van der Waals surface area contributed by atoms with Gasteiger partial charge >= 0.3 is 33.7 Å². The molecule has 0 fully saturated rings. The maximum atomic E-state index is 9.25. The van der Waals surface area contributed by atoms with Crippen molar-refractivity contribution in [3.8, 4) is 0 Å². The first-order valence-electron chi connectivity index (χ1n) is 12.3. The number of rotatable bonds is 5. The minimum Gasteiger partial charge on any atom is -0.478 e. The summed E-state index contributed by atoms with van der Waals surface area (Å²) in [5, 5.41) is 26.2. The van der Waals surface area contributed by atoms with Gasteiger partial charge in [-0.15, -0.1) is 78.5 Å². The number of fused-ring (bicyclic) bond motifs is 6. The van der Waals surface area contributed by atoms with Crippen LogP contribution >= 0.6 is 0 Å². The van der Waals surface area contributed by atoms with Gasteiger partial charge in [-0.2, -0.15) is 0 Å². The number of carboxylic acids is 2. The van der Waals surface area contributed by atoms with E-state index in [4.69, 9.17) is 10.2 Å². The summed E-state index contributed by atoms with van der Waals surface area (Å²) < 4.78 is 0. The molecular formula is C34H28O4Ti. The van der Waals surface area contributed by atoms with Crippen LogP contribution < -0.4 is 0 Å². The molecule has 5 heteroatoms. The topological polar surface area (TPSA) is 74.6 Å². The standard InChI is InChI=1S/C28H20.2C3H4O2.Ti/c1-3-11-23-21(7-1)17-27-19(9-5-13-25(23)27)15-16-20-10-6-14-26-24-12-4-2-8-22(24)18-28(20)26;2*1-2-3(4)5;/h1-14,17-18H,15-16H2;2*2H,1H2,(H,4,5);/q-2;;;+2. The van der Waals surface area contributed by atoms with E-state index < -0.39 is 11.9 Å². The quantitative estimate of drug-likeness (QED) is 0.130. The molecule has 4 nitrogen and oxygen atoms in total. The van der Waals surface area contributed by atoms with E-state index in [1.807, 2.05) is 0 Å². The molecule has 0 aliphatic rings. The van der Waals surface area contributed by atoms with Gasteiger partial charge in [-0.3, -0.25) is 0 Å². The van der Waals surface area contributed by atoms with E-state index in [9.17, 15) is 9.59 Å². The second kappa shape index (κ2) is 13.5. The molecule has 0 radical (unpaired) electrons. The predicted octanol–water partition coefficient (Wildman–Crippen LogP) is 8.03. The number of carbonyl (C=O) groups is 2. The third-order valence-corrected chi connectivity index (χ3v) is 6.51.